The molecule has 1 aliphatic rings. The molecule has 1 aromatic carbocycles. The van der Waals surface area contributed by atoms with Crippen molar-refractivity contribution in [1.82, 2.24) is 4.98 Å². The lowest BCUT2D eigenvalue weighted by molar-refractivity contribution is -0.137. The van der Waals surface area contributed by atoms with E-state index in [2.05, 4.69) is 17.1 Å². The van der Waals surface area contributed by atoms with Gasteiger partial charge in [-0.15, -0.1) is 11.8 Å². The maximum Gasteiger partial charge on any atom is 0.417 e. The minimum absolute atomic E-state index is 0.0205. The fourth-order valence-electron chi connectivity index (χ4n) is 4.46. The number of pyridine rings is 1. The first-order valence-electron chi connectivity index (χ1n) is 11.4. The molecule has 0 spiro atoms. The third-order valence-corrected chi connectivity index (χ3v) is 8.04. The molecule has 0 fully saturated rings. The van der Waals surface area contributed by atoms with E-state index in [1.54, 1.807) is 0 Å². The van der Waals surface area contributed by atoms with Crippen molar-refractivity contribution >= 4 is 34.7 Å². The maximum atomic E-state index is 13.2. The third kappa shape index (κ3) is 5.80. The number of carbonyl (C=O) groups excluding carboxylic acids is 1. The molecule has 2 atom stereocenters. The number of thioether (sulfide) groups is 1. The number of carbonyl (C=O) groups is 1. The summed E-state index contributed by atoms with van der Waals surface area (Å²) in [7, 11) is 0. The lowest BCUT2D eigenvalue weighted by Crippen LogP contribution is -2.25. The van der Waals surface area contributed by atoms with Crippen LogP contribution in [0.25, 0.3) is 5.57 Å². The molecule has 0 saturated carbocycles. The van der Waals surface area contributed by atoms with Gasteiger partial charge in [0.15, 0.2) is 5.78 Å². The molecule has 0 saturated heterocycles. The third-order valence-electron chi connectivity index (χ3n) is 6.35. The van der Waals surface area contributed by atoms with Crippen LogP contribution in [0.15, 0.2) is 35.2 Å². The summed E-state index contributed by atoms with van der Waals surface area (Å²) in [5.74, 6) is 0.523. The van der Waals surface area contributed by atoms with Crippen LogP contribution in [0.5, 0.6) is 0 Å². The van der Waals surface area contributed by atoms with Gasteiger partial charge in [0.2, 0.25) is 0 Å². The second-order valence-electron chi connectivity index (χ2n) is 8.88. The van der Waals surface area contributed by atoms with Gasteiger partial charge in [-0.1, -0.05) is 50.1 Å². The summed E-state index contributed by atoms with van der Waals surface area (Å²) in [5, 5.41) is 11.2. The average molecular weight is 512 g/mol. The number of ketones is 1. The second-order valence-corrected chi connectivity index (χ2v) is 10.3. The Kier molecular flexibility index (Phi) is 8.40. The Balaban J connectivity index is 1.77. The molecule has 3 nitrogen and oxygen atoms in total. The molecule has 2 aromatic rings. The zero-order valence-corrected chi connectivity index (χ0v) is 21.3. The zero-order chi connectivity index (χ0) is 25.2. The standard InChI is InChI=1S/C26H29ClF3NO2S/c1-5-16-7-14(3)8-17(6-2)23(16)24-21(32)9-18(10-22(24)33)15(4)13-34-25-20(27)11-19(12-31-25)26(28,29)30/h7-8,11-12,15,18,32H,5-6,9-10,13H2,1-4H3. The minimum atomic E-state index is -4.50. The Hall–Kier alpha value is -1.99. The highest BCUT2D eigenvalue weighted by Gasteiger charge is 2.34. The van der Waals surface area contributed by atoms with Crippen LogP contribution in [0.3, 0.4) is 0 Å². The number of rotatable bonds is 7. The van der Waals surface area contributed by atoms with Gasteiger partial charge in [0, 0.05) is 24.8 Å². The number of aryl methyl sites for hydroxylation is 3. The van der Waals surface area contributed by atoms with E-state index in [1.165, 1.54) is 11.8 Å². The average Bonchev–Trinajstić information content (AvgIpc) is 2.77. The van der Waals surface area contributed by atoms with E-state index in [0.717, 1.165) is 47.4 Å². The molecule has 34 heavy (non-hydrogen) atoms. The fourth-order valence-corrected chi connectivity index (χ4v) is 5.81. The summed E-state index contributed by atoms with van der Waals surface area (Å²) < 4.78 is 38.5. The molecule has 1 N–H and O–H groups in total. The normalized spacial score (nSPS) is 17.9. The Bertz CT molecular complexity index is 1090. The quantitative estimate of drug-likeness (QED) is 0.384. The summed E-state index contributed by atoms with van der Waals surface area (Å²) >= 11 is 7.28. The van der Waals surface area contributed by atoms with Crippen LogP contribution in [-0.2, 0) is 23.8 Å². The van der Waals surface area contributed by atoms with E-state index in [4.69, 9.17) is 11.6 Å². The number of aliphatic hydroxyl groups is 1. The number of benzene rings is 1. The summed E-state index contributed by atoms with van der Waals surface area (Å²) in [6.07, 6.45) is -1.48. The molecule has 2 unspecified atom stereocenters. The number of hydrogen-bond acceptors (Lipinski definition) is 4. The summed E-state index contributed by atoms with van der Waals surface area (Å²) in [6.45, 7) is 8.10. The SMILES string of the molecule is CCc1cc(C)cc(CC)c1C1=C(O)CC(C(C)CSc2ncc(C(F)(F)F)cc2Cl)CC1=O. The summed E-state index contributed by atoms with van der Waals surface area (Å²) in [6, 6.07) is 5.03. The van der Waals surface area contributed by atoms with E-state index < -0.39 is 11.7 Å². The van der Waals surface area contributed by atoms with Gasteiger partial charge in [0.05, 0.1) is 16.2 Å². The molecule has 0 radical (unpaired) electrons. The number of allylic oxidation sites excluding steroid dienone is 2. The predicted molar refractivity (Wildman–Crippen MR) is 131 cm³/mol. The predicted octanol–water partition coefficient (Wildman–Crippen LogP) is 7.86. The van der Waals surface area contributed by atoms with Crippen molar-refractivity contribution in [3.63, 3.8) is 0 Å². The van der Waals surface area contributed by atoms with E-state index in [1.807, 2.05) is 27.7 Å². The number of halogens is 4. The minimum Gasteiger partial charge on any atom is -0.512 e. The van der Waals surface area contributed by atoms with E-state index >= 15 is 0 Å². The first-order valence-corrected chi connectivity index (χ1v) is 12.8. The Morgan fingerprint density at radius 2 is 1.79 bits per heavy atom. The molecule has 1 aliphatic carbocycles. The highest BCUT2D eigenvalue weighted by molar-refractivity contribution is 7.99. The van der Waals surface area contributed by atoms with Gasteiger partial charge in [0.1, 0.15) is 10.8 Å². The monoisotopic (exact) mass is 511 g/mol. The van der Waals surface area contributed by atoms with Crippen molar-refractivity contribution < 1.29 is 23.1 Å². The molecule has 184 valence electrons. The molecule has 0 aliphatic heterocycles. The maximum absolute atomic E-state index is 13.2. The lowest BCUT2D eigenvalue weighted by atomic mass is 9.76. The van der Waals surface area contributed by atoms with E-state index in [0.29, 0.717) is 29.2 Å². The number of nitrogens with zero attached hydrogens (tertiary/aromatic N) is 1. The number of hydrogen-bond donors (Lipinski definition) is 1. The van der Waals surface area contributed by atoms with Crippen molar-refractivity contribution in [2.24, 2.45) is 11.8 Å². The van der Waals surface area contributed by atoms with Crippen LogP contribution in [0.1, 0.15) is 61.4 Å². The van der Waals surface area contributed by atoms with Crippen molar-refractivity contribution in [3.05, 3.63) is 63.0 Å². The molecule has 1 heterocycles. The van der Waals surface area contributed by atoms with Gasteiger partial charge in [-0.2, -0.15) is 13.2 Å². The van der Waals surface area contributed by atoms with Crippen molar-refractivity contribution in [1.29, 1.82) is 0 Å². The van der Waals surface area contributed by atoms with Crippen LogP contribution >= 0.6 is 23.4 Å². The van der Waals surface area contributed by atoms with E-state index in [-0.39, 0.29) is 28.4 Å². The number of alkyl halides is 3. The second kappa shape index (κ2) is 10.7. The molecule has 0 bridgehead atoms. The molecule has 0 amide bonds. The summed E-state index contributed by atoms with van der Waals surface area (Å²) in [5.41, 5.74) is 3.70. The molecule has 3 rings (SSSR count). The van der Waals surface area contributed by atoms with E-state index in [9.17, 15) is 23.1 Å². The van der Waals surface area contributed by atoms with Gasteiger partial charge < -0.3 is 5.11 Å². The van der Waals surface area contributed by atoms with Crippen molar-refractivity contribution in [2.45, 2.75) is 64.6 Å². The first kappa shape index (κ1) is 26.6. The van der Waals surface area contributed by atoms with Gasteiger partial charge in [0.25, 0.3) is 0 Å². The molecule has 1 aromatic heterocycles. The van der Waals surface area contributed by atoms with Crippen LogP contribution in [-0.4, -0.2) is 21.6 Å². The highest BCUT2D eigenvalue weighted by atomic mass is 35.5. The van der Waals surface area contributed by atoms with Crippen LogP contribution in [0, 0.1) is 18.8 Å². The van der Waals surface area contributed by atoms with Crippen LogP contribution in [0.2, 0.25) is 5.02 Å². The van der Waals surface area contributed by atoms with Gasteiger partial charge in [-0.25, -0.2) is 4.98 Å². The number of aliphatic hydroxyl groups excluding tert-OH is 1. The van der Waals surface area contributed by atoms with Crippen LogP contribution < -0.4 is 0 Å². The van der Waals surface area contributed by atoms with Gasteiger partial charge >= 0.3 is 6.18 Å². The smallest absolute Gasteiger partial charge is 0.417 e. The van der Waals surface area contributed by atoms with Crippen molar-refractivity contribution in [3.8, 4) is 0 Å². The fraction of sp³-hybridized carbons (Fsp3) is 0.462. The number of Topliss-reactive ketones (excluding diaryl/α,β-unsaturated/α-hetero) is 1. The number of aromatic nitrogens is 1. The topological polar surface area (TPSA) is 50.2 Å². The Morgan fingerprint density at radius 1 is 1.18 bits per heavy atom. The first-order chi connectivity index (χ1) is 16.0. The Morgan fingerprint density at radius 3 is 2.29 bits per heavy atom. The van der Waals surface area contributed by atoms with Gasteiger partial charge in [-0.3, -0.25) is 4.79 Å². The summed E-state index contributed by atoms with van der Waals surface area (Å²) in [4.78, 5) is 17.1. The van der Waals surface area contributed by atoms with Crippen molar-refractivity contribution in [2.75, 3.05) is 5.75 Å². The molecular weight excluding hydrogens is 483 g/mol. The largest absolute Gasteiger partial charge is 0.512 e. The zero-order valence-electron chi connectivity index (χ0n) is 19.7. The molecule has 8 heteroatoms. The van der Waals surface area contributed by atoms with Gasteiger partial charge in [-0.05, 0) is 54.4 Å². The molecular formula is C26H29ClF3NO2S. The lowest BCUT2D eigenvalue weighted by Gasteiger charge is -2.29. The van der Waals surface area contributed by atoms with Crippen LogP contribution in [0.4, 0.5) is 13.2 Å². The Labute approximate surface area is 207 Å². The highest BCUT2D eigenvalue weighted by Crippen LogP contribution is 2.40.